The molecule has 9 nitrogen and oxygen atoms in total. The van der Waals surface area contributed by atoms with Crippen molar-refractivity contribution in [3.05, 3.63) is 65.6 Å². The molecule has 2 aromatic carbocycles. The van der Waals surface area contributed by atoms with E-state index in [2.05, 4.69) is 5.10 Å². The first-order chi connectivity index (χ1) is 18.3. The summed E-state index contributed by atoms with van der Waals surface area (Å²) in [5.74, 6) is -0.410. The lowest BCUT2D eigenvalue weighted by atomic mass is 10.1. The third-order valence-electron chi connectivity index (χ3n) is 6.04. The molecule has 1 aliphatic heterocycles. The number of nitrogens with zero attached hydrogens (tertiary/aromatic N) is 3. The average molecular weight is 544 g/mol. The van der Waals surface area contributed by atoms with E-state index in [1.807, 2.05) is 6.92 Å². The van der Waals surface area contributed by atoms with E-state index in [-0.39, 0.29) is 42.6 Å². The number of anilines is 1. The molecule has 1 unspecified atom stereocenters. The Morgan fingerprint density at radius 1 is 1.21 bits per heavy atom. The fourth-order valence-electron chi connectivity index (χ4n) is 4.07. The smallest absolute Gasteiger partial charge is 0.305 e. The maximum Gasteiger partial charge on any atom is 0.305 e. The van der Waals surface area contributed by atoms with Crippen LogP contribution in [0.1, 0.15) is 37.8 Å². The fourth-order valence-corrected chi connectivity index (χ4v) is 5.64. The van der Waals surface area contributed by atoms with Gasteiger partial charge in [0.15, 0.2) is 4.90 Å². The van der Waals surface area contributed by atoms with E-state index in [0.29, 0.717) is 29.1 Å². The molecule has 0 aliphatic carbocycles. The zero-order valence-electron chi connectivity index (χ0n) is 21.5. The van der Waals surface area contributed by atoms with E-state index in [1.165, 1.54) is 28.4 Å². The number of benzene rings is 2. The van der Waals surface area contributed by atoms with Gasteiger partial charge >= 0.3 is 5.97 Å². The molecule has 1 atom stereocenters. The lowest BCUT2D eigenvalue weighted by Crippen LogP contribution is -2.43. The Labute approximate surface area is 221 Å². The van der Waals surface area contributed by atoms with Gasteiger partial charge in [0.05, 0.1) is 25.9 Å². The Hall–Kier alpha value is -3.86. The molecule has 1 aliphatic rings. The molecule has 0 saturated heterocycles. The molecule has 0 saturated carbocycles. The molecule has 0 N–H and O–H groups in total. The molecular formula is C27H30FN3O6S. The number of aryl methyl sites for hydroxylation is 1. The van der Waals surface area contributed by atoms with Crippen LogP contribution in [0.25, 0.3) is 12.2 Å². The number of esters is 1. The molecule has 202 valence electrons. The van der Waals surface area contributed by atoms with Gasteiger partial charge in [-0.15, -0.1) is 5.10 Å². The zero-order valence-corrected chi connectivity index (χ0v) is 22.3. The number of hydrogen-bond donors (Lipinski definition) is 0. The Bertz CT molecular complexity index is 1440. The normalized spacial score (nSPS) is 15.3. The minimum atomic E-state index is -4.14. The molecule has 2 heterocycles. The van der Waals surface area contributed by atoms with E-state index in [0.717, 1.165) is 0 Å². The number of hydrogen-bond acceptors (Lipinski definition) is 7. The number of aromatic nitrogens is 2. The Morgan fingerprint density at radius 3 is 2.71 bits per heavy atom. The first-order valence-corrected chi connectivity index (χ1v) is 13.7. The van der Waals surface area contributed by atoms with Crippen molar-refractivity contribution in [2.45, 2.75) is 44.2 Å². The van der Waals surface area contributed by atoms with Gasteiger partial charge in [0.2, 0.25) is 0 Å². The number of carbonyl (C=O) groups excluding carboxylic acids is 1. The maximum absolute atomic E-state index is 14.1. The second kappa shape index (κ2) is 11.7. The molecular weight excluding hydrogens is 513 g/mol. The van der Waals surface area contributed by atoms with Crippen LogP contribution in [0.5, 0.6) is 11.6 Å². The van der Waals surface area contributed by atoms with Gasteiger partial charge in [-0.2, -0.15) is 0 Å². The van der Waals surface area contributed by atoms with Crippen molar-refractivity contribution >= 4 is 33.8 Å². The van der Waals surface area contributed by atoms with Crippen LogP contribution in [-0.2, 0) is 26.1 Å². The minimum Gasteiger partial charge on any atom is -0.486 e. The topological polar surface area (TPSA) is 100.0 Å². The van der Waals surface area contributed by atoms with Gasteiger partial charge in [-0.1, -0.05) is 36.4 Å². The third-order valence-corrected chi connectivity index (χ3v) is 7.80. The standard InChI is InChI=1S/C27H30FN3O6S/c1-4-30-18-25(27(29-30)36-5-2)38(33,34)31-17-21(13-15-26(32)35-3)37-24-14-11-19(16-23(24)31)10-12-20-8-6-7-9-22(20)28/h6-12,14,16,18,21H,4-5,13,15,17H2,1-3H3. The Kier molecular flexibility index (Phi) is 8.35. The van der Waals surface area contributed by atoms with Gasteiger partial charge in [-0.25, -0.2) is 12.8 Å². The Morgan fingerprint density at radius 2 is 2.00 bits per heavy atom. The van der Waals surface area contributed by atoms with Gasteiger partial charge in [0, 0.05) is 24.7 Å². The second-order valence-electron chi connectivity index (χ2n) is 8.56. The summed E-state index contributed by atoms with van der Waals surface area (Å²) in [6, 6.07) is 11.5. The molecule has 1 aromatic heterocycles. The summed E-state index contributed by atoms with van der Waals surface area (Å²) in [7, 11) is -2.84. The molecule has 0 fully saturated rings. The summed E-state index contributed by atoms with van der Waals surface area (Å²) in [4.78, 5) is 11.7. The summed E-state index contributed by atoms with van der Waals surface area (Å²) in [5, 5.41) is 4.26. The number of ether oxygens (including phenoxy) is 3. The van der Waals surface area contributed by atoms with Gasteiger partial charge in [0.1, 0.15) is 17.7 Å². The van der Waals surface area contributed by atoms with Gasteiger partial charge in [0.25, 0.3) is 15.9 Å². The highest BCUT2D eigenvalue weighted by Gasteiger charge is 2.37. The van der Waals surface area contributed by atoms with E-state index >= 15 is 0 Å². The molecule has 0 bridgehead atoms. The van der Waals surface area contributed by atoms with Crippen molar-refractivity contribution < 1.29 is 31.8 Å². The number of methoxy groups -OCH3 is 1. The second-order valence-corrected chi connectivity index (χ2v) is 10.4. The molecule has 11 heteroatoms. The molecule has 38 heavy (non-hydrogen) atoms. The fraction of sp³-hybridized carbons (Fsp3) is 0.333. The predicted molar refractivity (Wildman–Crippen MR) is 141 cm³/mol. The quantitative estimate of drug-likeness (QED) is 0.274. The predicted octanol–water partition coefficient (Wildman–Crippen LogP) is 4.52. The van der Waals surface area contributed by atoms with Crippen molar-refractivity contribution in [3.63, 3.8) is 0 Å². The average Bonchev–Trinajstić information content (AvgIpc) is 3.35. The third kappa shape index (κ3) is 5.83. The van der Waals surface area contributed by atoms with Gasteiger partial charge in [-0.3, -0.25) is 13.8 Å². The van der Waals surface area contributed by atoms with Crippen molar-refractivity contribution in [2.24, 2.45) is 0 Å². The summed E-state index contributed by atoms with van der Waals surface area (Å²) < 4.78 is 61.3. The largest absolute Gasteiger partial charge is 0.486 e. The van der Waals surface area contributed by atoms with E-state index < -0.39 is 22.1 Å². The summed E-state index contributed by atoms with van der Waals surface area (Å²) in [5.41, 5.74) is 1.38. The van der Waals surface area contributed by atoms with E-state index in [4.69, 9.17) is 14.2 Å². The molecule has 4 rings (SSSR count). The zero-order chi connectivity index (χ0) is 27.3. The molecule has 0 radical (unpaired) electrons. The number of halogens is 1. The molecule has 0 amide bonds. The van der Waals surface area contributed by atoms with Crippen LogP contribution in [-0.4, -0.2) is 50.5 Å². The van der Waals surface area contributed by atoms with Gasteiger partial charge in [-0.05, 0) is 44.0 Å². The summed E-state index contributed by atoms with van der Waals surface area (Å²) >= 11 is 0. The first kappa shape index (κ1) is 27.2. The highest BCUT2D eigenvalue weighted by Crippen LogP contribution is 2.40. The summed E-state index contributed by atoms with van der Waals surface area (Å²) in [6.07, 6.45) is 4.52. The molecule has 3 aromatic rings. The van der Waals surface area contributed by atoms with Crippen molar-refractivity contribution in [1.29, 1.82) is 0 Å². The Balaban J connectivity index is 1.75. The van der Waals surface area contributed by atoms with E-state index in [9.17, 15) is 17.6 Å². The SMILES string of the molecule is CCOc1nn(CC)cc1S(=O)(=O)N1CC(CCC(=O)OC)Oc2ccc(C=Cc3ccccc3F)cc21. The lowest BCUT2D eigenvalue weighted by molar-refractivity contribution is -0.141. The van der Waals surface area contributed by atoms with Crippen LogP contribution in [0, 0.1) is 5.82 Å². The van der Waals surface area contributed by atoms with Crippen molar-refractivity contribution in [2.75, 3.05) is 24.6 Å². The van der Waals surface area contributed by atoms with Crippen LogP contribution in [0.15, 0.2) is 53.6 Å². The minimum absolute atomic E-state index is 0.0177. The monoisotopic (exact) mass is 543 g/mol. The highest BCUT2D eigenvalue weighted by atomic mass is 32.2. The molecule has 0 spiro atoms. The first-order valence-electron chi connectivity index (χ1n) is 12.3. The van der Waals surface area contributed by atoms with Crippen LogP contribution < -0.4 is 13.8 Å². The van der Waals surface area contributed by atoms with E-state index in [1.54, 1.807) is 55.5 Å². The van der Waals surface area contributed by atoms with Crippen LogP contribution >= 0.6 is 0 Å². The van der Waals surface area contributed by atoms with Gasteiger partial charge < -0.3 is 14.2 Å². The number of sulfonamides is 1. The lowest BCUT2D eigenvalue weighted by Gasteiger charge is -2.35. The highest BCUT2D eigenvalue weighted by molar-refractivity contribution is 7.93. The van der Waals surface area contributed by atoms with Crippen LogP contribution in [0.4, 0.5) is 10.1 Å². The maximum atomic E-state index is 14.1. The van der Waals surface area contributed by atoms with Crippen LogP contribution in [0.2, 0.25) is 0 Å². The van der Waals surface area contributed by atoms with Crippen molar-refractivity contribution in [3.8, 4) is 11.6 Å². The van der Waals surface area contributed by atoms with Crippen LogP contribution in [0.3, 0.4) is 0 Å². The number of rotatable bonds is 10. The summed E-state index contributed by atoms with van der Waals surface area (Å²) in [6.45, 7) is 4.27. The number of fused-ring (bicyclic) bond motifs is 1. The number of carbonyl (C=O) groups is 1. The van der Waals surface area contributed by atoms with Crippen molar-refractivity contribution in [1.82, 2.24) is 9.78 Å².